The van der Waals surface area contributed by atoms with Gasteiger partial charge in [-0.15, -0.1) is 0 Å². The molecule has 108 valence electrons. The summed E-state index contributed by atoms with van der Waals surface area (Å²) in [4.78, 5) is 4.16. The van der Waals surface area contributed by atoms with Crippen molar-refractivity contribution < 1.29 is 8.42 Å². The molecular weight excluding hydrogens is 300 g/mol. The summed E-state index contributed by atoms with van der Waals surface area (Å²) in [5, 5.41) is 9.78. The topological polar surface area (TPSA) is 127 Å². The predicted octanol–water partition coefficient (Wildman–Crippen LogP) is 0.434. The minimum Gasteiger partial charge on any atom is -0.382 e. The Labute approximate surface area is 119 Å². The van der Waals surface area contributed by atoms with Gasteiger partial charge in [-0.1, -0.05) is 0 Å². The zero-order valence-corrected chi connectivity index (χ0v) is 12.2. The number of aromatic amines is 1. The van der Waals surface area contributed by atoms with Gasteiger partial charge in [-0.05, 0) is 24.4 Å². The van der Waals surface area contributed by atoms with E-state index in [-0.39, 0.29) is 16.0 Å². The lowest BCUT2D eigenvalue weighted by Gasteiger charge is -2.06. The Bertz CT molecular complexity index is 689. The van der Waals surface area contributed by atoms with Crippen LogP contribution >= 0.6 is 11.5 Å². The van der Waals surface area contributed by atoms with Gasteiger partial charge in [0.05, 0.1) is 5.25 Å². The van der Waals surface area contributed by atoms with Crippen molar-refractivity contribution in [3.05, 3.63) is 12.2 Å². The van der Waals surface area contributed by atoms with E-state index in [9.17, 15) is 8.42 Å². The van der Waals surface area contributed by atoms with Gasteiger partial charge in [-0.3, -0.25) is 5.10 Å². The molecule has 2 aromatic heterocycles. The molecule has 10 heteroatoms. The van der Waals surface area contributed by atoms with Crippen LogP contribution in [-0.2, 0) is 16.3 Å². The van der Waals surface area contributed by atoms with Gasteiger partial charge in [-0.25, -0.2) is 13.4 Å². The fourth-order valence-corrected chi connectivity index (χ4v) is 4.78. The first kappa shape index (κ1) is 13.3. The number of H-pyrrole nitrogens is 1. The van der Waals surface area contributed by atoms with Crippen LogP contribution in [0.4, 0.5) is 10.8 Å². The molecule has 0 atom stereocenters. The van der Waals surface area contributed by atoms with Gasteiger partial charge in [-0.2, -0.15) is 9.47 Å². The van der Waals surface area contributed by atoms with Crippen molar-refractivity contribution in [3.63, 3.8) is 0 Å². The summed E-state index contributed by atoms with van der Waals surface area (Å²) < 4.78 is 28.6. The summed E-state index contributed by atoms with van der Waals surface area (Å²) in [5.74, 6) is 0.825. The van der Waals surface area contributed by atoms with Crippen molar-refractivity contribution in [2.75, 3.05) is 17.6 Å². The number of nitrogen functional groups attached to an aromatic ring is 1. The van der Waals surface area contributed by atoms with Crippen LogP contribution in [0, 0.1) is 0 Å². The standard InChI is InChI=1S/C10H14N6O2S2/c11-9-8(20(17,18)6-1-2-6)10(19-16-9)12-4-3-7-13-5-14-15-7/h5-6,12H,1-4H2,(H2,11,16)(H,13,14,15). The lowest BCUT2D eigenvalue weighted by molar-refractivity contribution is 0.595. The summed E-state index contributed by atoms with van der Waals surface area (Å²) in [5.41, 5.74) is 5.71. The van der Waals surface area contributed by atoms with Crippen LogP contribution in [0.1, 0.15) is 18.7 Å². The number of nitrogens with one attached hydrogen (secondary N) is 2. The summed E-state index contributed by atoms with van der Waals surface area (Å²) in [6.07, 6.45) is 3.45. The van der Waals surface area contributed by atoms with Gasteiger partial charge in [0.25, 0.3) is 0 Å². The molecule has 8 nitrogen and oxygen atoms in total. The number of nitrogens with two attached hydrogens (primary N) is 1. The second-order valence-electron chi connectivity index (χ2n) is 4.58. The van der Waals surface area contributed by atoms with E-state index in [1.165, 1.54) is 6.33 Å². The quantitative estimate of drug-likeness (QED) is 0.705. The van der Waals surface area contributed by atoms with E-state index in [0.29, 0.717) is 30.8 Å². The molecule has 1 aliphatic rings. The second-order valence-corrected chi connectivity index (χ2v) is 7.52. The van der Waals surface area contributed by atoms with Crippen LogP contribution in [0.5, 0.6) is 0 Å². The minimum absolute atomic E-state index is 0.0871. The summed E-state index contributed by atoms with van der Waals surface area (Å²) in [7, 11) is -3.34. The normalized spacial score (nSPS) is 15.4. The van der Waals surface area contributed by atoms with Gasteiger partial charge in [0.1, 0.15) is 22.0 Å². The van der Waals surface area contributed by atoms with E-state index in [0.717, 1.165) is 17.4 Å². The van der Waals surface area contributed by atoms with Crippen LogP contribution in [0.3, 0.4) is 0 Å². The second kappa shape index (κ2) is 5.02. The number of hydrogen-bond acceptors (Lipinski definition) is 8. The molecule has 1 fully saturated rings. The molecular formula is C10H14N6O2S2. The number of nitrogens with zero attached hydrogens (tertiary/aromatic N) is 3. The lowest BCUT2D eigenvalue weighted by atomic mass is 10.4. The maximum absolute atomic E-state index is 12.3. The van der Waals surface area contributed by atoms with Crippen LogP contribution in [0.2, 0.25) is 0 Å². The Morgan fingerprint density at radius 3 is 2.95 bits per heavy atom. The molecule has 0 unspecified atom stereocenters. The van der Waals surface area contributed by atoms with Crippen molar-refractivity contribution >= 4 is 32.2 Å². The lowest BCUT2D eigenvalue weighted by Crippen LogP contribution is -2.13. The fraction of sp³-hybridized carbons (Fsp3) is 0.500. The number of rotatable bonds is 6. The Morgan fingerprint density at radius 2 is 2.30 bits per heavy atom. The highest BCUT2D eigenvalue weighted by Gasteiger charge is 2.40. The highest BCUT2D eigenvalue weighted by Crippen LogP contribution is 2.40. The van der Waals surface area contributed by atoms with Crippen LogP contribution in [0.25, 0.3) is 0 Å². The summed E-state index contributed by atoms with van der Waals surface area (Å²) in [6, 6.07) is 0. The molecule has 1 saturated carbocycles. The zero-order valence-electron chi connectivity index (χ0n) is 10.5. The largest absolute Gasteiger partial charge is 0.382 e. The SMILES string of the molecule is Nc1nsc(NCCc2ncn[nH]2)c1S(=O)(=O)C1CC1. The number of sulfone groups is 1. The molecule has 0 aliphatic heterocycles. The molecule has 2 aromatic rings. The van der Waals surface area contributed by atoms with E-state index >= 15 is 0 Å². The van der Waals surface area contributed by atoms with E-state index in [2.05, 4.69) is 24.9 Å². The first-order valence-corrected chi connectivity index (χ1v) is 8.48. The van der Waals surface area contributed by atoms with E-state index in [4.69, 9.17) is 5.73 Å². The van der Waals surface area contributed by atoms with Crippen LogP contribution in [0.15, 0.2) is 11.2 Å². The molecule has 4 N–H and O–H groups in total. The molecule has 0 spiro atoms. The molecule has 0 aromatic carbocycles. The minimum atomic E-state index is -3.34. The smallest absolute Gasteiger partial charge is 0.187 e. The molecule has 0 radical (unpaired) electrons. The van der Waals surface area contributed by atoms with Gasteiger partial charge in [0.2, 0.25) is 0 Å². The van der Waals surface area contributed by atoms with E-state index in [1.54, 1.807) is 0 Å². The van der Waals surface area contributed by atoms with Gasteiger partial charge < -0.3 is 11.1 Å². The Morgan fingerprint density at radius 1 is 1.50 bits per heavy atom. The zero-order chi connectivity index (χ0) is 14.2. The molecule has 3 rings (SSSR count). The molecule has 0 saturated heterocycles. The van der Waals surface area contributed by atoms with Crippen molar-refractivity contribution in [2.45, 2.75) is 29.4 Å². The average Bonchev–Trinajstić information content (AvgIpc) is 3.03. The highest BCUT2D eigenvalue weighted by molar-refractivity contribution is 7.92. The third-order valence-corrected chi connectivity index (χ3v) is 6.31. The van der Waals surface area contributed by atoms with Crippen molar-refractivity contribution in [1.82, 2.24) is 19.6 Å². The monoisotopic (exact) mass is 314 g/mol. The van der Waals surface area contributed by atoms with Crippen molar-refractivity contribution in [2.24, 2.45) is 0 Å². The first-order valence-electron chi connectivity index (χ1n) is 6.16. The molecule has 1 aliphatic carbocycles. The molecule has 0 bridgehead atoms. The van der Waals surface area contributed by atoms with Gasteiger partial charge >= 0.3 is 0 Å². The van der Waals surface area contributed by atoms with Crippen LogP contribution < -0.4 is 11.1 Å². The first-order chi connectivity index (χ1) is 9.59. The van der Waals surface area contributed by atoms with E-state index in [1.807, 2.05) is 0 Å². The maximum Gasteiger partial charge on any atom is 0.187 e. The van der Waals surface area contributed by atoms with Gasteiger partial charge in [0, 0.05) is 13.0 Å². The number of aromatic nitrogens is 4. The van der Waals surface area contributed by atoms with E-state index < -0.39 is 9.84 Å². The number of anilines is 2. The highest BCUT2D eigenvalue weighted by atomic mass is 32.2. The van der Waals surface area contributed by atoms with Crippen LogP contribution in [-0.4, -0.2) is 39.8 Å². The molecule has 2 heterocycles. The fourth-order valence-electron chi connectivity index (χ4n) is 1.87. The Kier molecular flexibility index (Phi) is 3.34. The van der Waals surface area contributed by atoms with Crippen molar-refractivity contribution in [1.29, 1.82) is 0 Å². The summed E-state index contributed by atoms with van der Waals surface area (Å²) >= 11 is 1.07. The summed E-state index contributed by atoms with van der Waals surface area (Å²) in [6.45, 7) is 0.532. The molecule has 20 heavy (non-hydrogen) atoms. The van der Waals surface area contributed by atoms with Gasteiger partial charge in [0.15, 0.2) is 15.7 Å². The maximum atomic E-state index is 12.3. The molecule has 0 amide bonds. The average molecular weight is 314 g/mol. The Hall–Kier alpha value is -1.68. The third kappa shape index (κ3) is 2.48. The van der Waals surface area contributed by atoms with Crippen molar-refractivity contribution in [3.8, 4) is 0 Å². The number of hydrogen-bond donors (Lipinski definition) is 3. The Balaban J connectivity index is 1.74. The predicted molar refractivity (Wildman–Crippen MR) is 75.3 cm³/mol. The third-order valence-electron chi connectivity index (χ3n) is 3.03.